The van der Waals surface area contributed by atoms with Gasteiger partial charge in [-0.05, 0) is 31.7 Å². The first-order chi connectivity index (χ1) is 14.2. The molecule has 1 aromatic carbocycles. The number of aliphatic hydroxyl groups is 1. The van der Waals surface area contributed by atoms with E-state index in [0.717, 1.165) is 10.5 Å². The number of amides is 3. The zero-order valence-electron chi connectivity index (χ0n) is 16.8. The molecule has 0 spiro atoms. The number of carboxylic acid groups (broad SMARTS) is 1. The average Bonchev–Trinajstić information content (AvgIpc) is 3.20. The minimum atomic E-state index is -1.31. The normalized spacial score (nSPS) is 18.9. The molecule has 4 unspecified atom stereocenters. The summed E-state index contributed by atoms with van der Waals surface area (Å²) in [5.74, 6) is -3.02. The third kappa shape index (κ3) is 6.26. The Morgan fingerprint density at radius 1 is 1.23 bits per heavy atom. The summed E-state index contributed by atoms with van der Waals surface area (Å²) in [6.45, 7) is 1.13. The molecule has 0 aliphatic carbocycles. The van der Waals surface area contributed by atoms with Gasteiger partial charge in [0.15, 0.2) is 0 Å². The number of benzene rings is 1. The van der Waals surface area contributed by atoms with Crippen molar-refractivity contribution >= 4 is 23.7 Å². The van der Waals surface area contributed by atoms with Crippen LogP contribution in [0.15, 0.2) is 30.3 Å². The molecule has 30 heavy (non-hydrogen) atoms. The van der Waals surface area contributed by atoms with Gasteiger partial charge in [-0.25, -0.2) is 4.79 Å². The number of rotatable bonds is 9. The number of hydrogen-bond acceptors (Lipinski definition) is 6. The molecule has 1 saturated heterocycles. The molecule has 3 amide bonds. The fourth-order valence-electron chi connectivity index (χ4n) is 3.34. The highest BCUT2D eigenvalue weighted by molar-refractivity contribution is 5.93. The summed E-state index contributed by atoms with van der Waals surface area (Å²) in [6.07, 6.45) is -0.100. The van der Waals surface area contributed by atoms with Crippen molar-refractivity contribution in [2.75, 3.05) is 13.1 Å². The van der Waals surface area contributed by atoms with Crippen molar-refractivity contribution in [2.24, 2.45) is 5.73 Å². The zero-order valence-corrected chi connectivity index (χ0v) is 16.8. The van der Waals surface area contributed by atoms with Gasteiger partial charge in [-0.2, -0.15) is 0 Å². The molecular weight excluding hydrogens is 392 g/mol. The van der Waals surface area contributed by atoms with E-state index in [9.17, 15) is 29.4 Å². The monoisotopic (exact) mass is 420 g/mol. The molecule has 0 radical (unpaired) electrons. The van der Waals surface area contributed by atoms with E-state index < -0.39 is 54.5 Å². The van der Waals surface area contributed by atoms with Gasteiger partial charge in [0.05, 0.1) is 18.7 Å². The maximum absolute atomic E-state index is 12.7. The predicted molar refractivity (Wildman–Crippen MR) is 107 cm³/mol. The van der Waals surface area contributed by atoms with E-state index in [-0.39, 0.29) is 6.54 Å². The number of aliphatic hydroxyl groups excluding tert-OH is 1. The summed E-state index contributed by atoms with van der Waals surface area (Å²) < 4.78 is 0. The van der Waals surface area contributed by atoms with Crippen molar-refractivity contribution in [3.8, 4) is 0 Å². The van der Waals surface area contributed by atoms with Crippen LogP contribution in [0, 0.1) is 0 Å². The summed E-state index contributed by atoms with van der Waals surface area (Å²) in [5.41, 5.74) is 6.74. The first-order valence-electron chi connectivity index (χ1n) is 9.78. The van der Waals surface area contributed by atoms with Gasteiger partial charge in [0.2, 0.25) is 17.7 Å². The Labute approximate surface area is 174 Å². The smallest absolute Gasteiger partial charge is 0.326 e. The third-order valence-corrected chi connectivity index (χ3v) is 4.94. The van der Waals surface area contributed by atoms with E-state index in [0.29, 0.717) is 19.3 Å². The first kappa shape index (κ1) is 23.3. The van der Waals surface area contributed by atoms with E-state index in [4.69, 9.17) is 5.73 Å². The Hall–Kier alpha value is -2.98. The van der Waals surface area contributed by atoms with Crippen LogP contribution in [-0.2, 0) is 25.6 Å². The molecule has 0 saturated carbocycles. The van der Waals surface area contributed by atoms with Gasteiger partial charge in [0.25, 0.3) is 0 Å². The second-order valence-corrected chi connectivity index (χ2v) is 7.33. The van der Waals surface area contributed by atoms with E-state index in [1.54, 1.807) is 0 Å². The van der Waals surface area contributed by atoms with Crippen LogP contribution in [0.25, 0.3) is 0 Å². The molecule has 6 N–H and O–H groups in total. The quantitative estimate of drug-likeness (QED) is 0.329. The number of nitrogens with zero attached hydrogens (tertiary/aromatic N) is 1. The number of nitrogens with one attached hydrogen (secondary N) is 2. The van der Waals surface area contributed by atoms with Crippen LogP contribution in [0.4, 0.5) is 0 Å². The summed E-state index contributed by atoms with van der Waals surface area (Å²) in [7, 11) is 0. The van der Waals surface area contributed by atoms with Crippen LogP contribution < -0.4 is 16.4 Å². The van der Waals surface area contributed by atoms with E-state index >= 15 is 0 Å². The number of carbonyl (C=O) groups excluding carboxylic acids is 3. The second-order valence-electron chi connectivity index (χ2n) is 7.33. The number of aliphatic carboxylic acids is 1. The SMILES string of the molecule is CC(O)C(NC(=O)CNC(=O)C(N)Cc1ccccc1)C(=O)N1CCCC1C(=O)O. The lowest BCUT2D eigenvalue weighted by molar-refractivity contribution is -0.150. The molecule has 1 aromatic rings. The van der Waals surface area contributed by atoms with Gasteiger partial charge in [-0.1, -0.05) is 30.3 Å². The summed E-state index contributed by atoms with van der Waals surface area (Å²) in [4.78, 5) is 49.5. The minimum Gasteiger partial charge on any atom is -0.480 e. The number of carbonyl (C=O) groups is 4. The van der Waals surface area contributed by atoms with Gasteiger partial charge < -0.3 is 31.5 Å². The number of likely N-dealkylation sites (tertiary alicyclic amines) is 1. The van der Waals surface area contributed by atoms with Crippen molar-refractivity contribution in [2.45, 2.75) is 50.4 Å². The number of nitrogens with two attached hydrogens (primary N) is 1. The van der Waals surface area contributed by atoms with Crippen LogP contribution >= 0.6 is 0 Å². The van der Waals surface area contributed by atoms with Gasteiger partial charge in [-0.3, -0.25) is 14.4 Å². The molecule has 1 aliphatic heterocycles. The zero-order chi connectivity index (χ0) is 22.3. The molecule has 4 atom stereocenters. The Bertz CT molecular complexity index is 770. The molecule has 10 nitrogen and oxygen atoms in total. The largest absolute Gasteiger partial charge is 0.480 e. The Morgan fingerprint density at radius 2 is 1.90 bits per heavy atom. The maximum atomic E-state index is 12.7. The highest BCUT2D eigenvalue weighted by Gasteiger charge is 2.39. The van der Waals surface area contributed by atoms with Crippen molar-refractivity contribution in [3.05, 3.63) is 35.9 Å². The van der Waals surface area contributed by atoms with E-state index in [1.165, 1.54) is 6.92 Å². The van der Waals surface area contributed by atoms with Crippen LogP contribution in [0.1, 0.15) is 25.3 Å². The second kappa shape index (κ2) is 10.7. The van der Waals surface area contributed by atoms with Gasteiger partial charge >= 0.3 is 5.97 Å². The Kier molecular flexibility index (Phi) is 8.31. The standard InChI is InChI=1S/C20H28N4O6/c1-12(25)17(19(28)24-9-5-8-15(24)20(29)30)23-16(26)11-22-18(27)14(21)10-13-6-3-2-4-7-13/h2-4,6-7,12,14-15,17,25H,5,8-11,21H2,1H3,(H,22,27)(H,23,26)(H,29,30). The fraction of sp³-hybridized carbons (Fsp3) is 0.500. The lowest BCUT2D eigenvalue weighted by Crippen LogP contribution is -2.57. The minimum absolute atomic E-state index is 0.236. The average molecular weight is 420 g/mol. The third-order valence-electron chi connectivity index (χ3n) is 4.94. The van der Waals surface area contributed by atoms with Crippen molar-refractivity contribution in [1.82, 2.24) is 15.5 Å². The summed E-state index contributed by atoms with van der Waals surface area (Å²) in [5, 5.41) is 23.9. The Morgan fingerprint density at radius 3 is 2.50 bits per heavy atom. The number of hydrogen-bond donors (Lipinski definition) is 5. The summed E-state index contributed by atoms with van der Waals surface area (Å²) in [6, 6.07) is 6.03. The van der Waals surface area contributed by atoms with E-state index in [2.05, 4.69) is 10.6 Å². The van der Waals surface area contributed by atoms with Crippen LogP contribution in [0.5, 0.6) is 0 Å². The lowest BCUT2D eigenvalue weighted by atomic mass is 10.1. The van der Waals surface area contributed by atoms with E-state index in [1.807, 2.05) is 30.3 Å². The lowest BCUT2D eigenvalue weighted by Gasteiger charge is -2.28. The van der Waals surface area contributed by atoms with Crippen molar-refractivity contribution in [1.29, 1.82) is 0 Å². The topological polar surface area (TPSA) is 162 Å². The summed E-state index contributed by atoms with van der Waals surface area (Å²) >= 11 is 0. The Balaban J connectivity index is 1.88. The molecule has 2 rings (SSSR count). The highest BCUT2D eigenvalue weighted by Crippen LogP contribution is 2.19. The molecule has 1 aliphatic rings. The van der Waals surface area contributed by atoms with Gasteiger partial charge in [0, 0.05) is 6.54 Å². The van der Waals surface area contributed by atoms with Gasteiger partial charge in [0.1, 0.15) is 12.1 Å². The van der Waals surface area contributed by atoms with Crippen LogP contribution in [0.3, 0.4) is 0 Å². The molecular formula is C20H28N4O6. The maximum Gasteiger partial charge on any atom is 0.326 e. The molecule has 1 heterocycles. The van der Waals surface area contributed by atoms with Crippen LogP contribution in [0.2, 0.25) is 0 Å². The molecule has 0 bridgehead atoms. The van der Waals surface area contributed by atoms with Gasteiger partial charge in [-0.15, -0.1) is 0 Å². The number of carboxylic acids is 1. The molecule has 0 aromatic heterocycles. The van der Waals surface area contributed by atoms with Crippen molar-refractivity contribution in [3.63, 3.8) is 0 Å². The van der Waals surface area contributed by atoms with Crippen LogP contribution in [-0.4, -0.2) is 76.1 Å². The molecule has 10 heteroatoms. The highest BCUT2D eigenvalue weighted by atomic mass is 16.4. The predicted octanol–water partition coefficient (Wildman–Crippen LogP) is -1.39. The first-order valence-corrected chi connectivity index (χ1v) is 9.78. The van der Waals surface area contributed by atoms with Crippen molar-refractivity contribution < 1.29 is 29.4 Å². The fourth-order valence-corrected chi connectivity index (χ4v) is 3.34. The molecule has 164 valence electrons. The molecule has 1 fully saturated rings.